The normalized spacial score (nSPS) is 10.5. The Labute approximate surface area is 111 Å². The number of aromatic amines is 1. The van der Waals surface area contributed by atoms with Gasteiger partial charge in [0.1, 0.15) is 10.5 Å². The molecule has 0 atom stereocenters. The summed E-state index contributed by atoms with van der Waals surface area (Å²) < 4.78 is 0.652. The van der Waals surface area contributed by atoms with Gasteiger partial charge in [0, 0.05) is 16.8 Å². The maximum Gasteiger partial charge on any atom is 0.140 e. The van der Waals surface area contributed by atoms with Gasteiger partial charge >= 0.3 is 0 Å². The van der Waals surface area contributed by atoms with Crippen LogP contribution in [0.4, 0.5) is 0 Å². The summed E-state index contributed by atoms with van der Waals surface area (Å²) in [4.78, 5) is 7.67. The van der Waals surface area contributed by atoms with Gasteiger partial charge < -0.3 is 4.98 Å². The lowest BCUT2D eigenvalue weighted by molar-refractivity contribution is 0.990. The number of H-pyrrole nitrogens is 1. The molecule has 1 aromatic carbocycles. The molecule has 0 saturated carbocycles. The molecule has 0 bridgehead atoms. The number of benzene rings is 1. The van der Waals surface area contributed by atoms with Gasteiger partial charge in [-0.3, -0.25) is 0 Å². The lowest BCUT2D eigenvalue weighted by Gasteiger charge is -2.08. The predicted molar refractivity (Wildman–Crippen MR) is 74.0 cm³/mol. The molecule has 1 heterocycles. The maximum atomic E-state index is 6.14. The molecular formula is C13H13ClN2S. The topological polar surface area (TPSA) is 28.7 Å². The third kappa shape index (κ3) is 2.40. The number of aryl methyl sites for hydroxylation is 1. The third-order valence-corrected chi connectivity index (χ3v) is 3.38. The van der Waals surface area contributed by atoms with Crippen molar-refractivity contribution in [2.24, 2.45) is 0 Å². The van der Waals surface area contributed by atoms with E-state index in [0.29, 0.717) is 9.66 Å². The summed E-state index contributed by atoms with van der Waals surface area (Å²) in [6.07, 6.45) is 0.886. The van der Waals surface area contributed by atoms with Crippen LogP contribution >= 0.6 is 23.8 Å². The summed E-state index contributed by atoms with van der Waals surface area (Å²) in [7, 11) is 0. The molecule has 1 aromatic heterocycles. The van der Waals surface area contributed by atoms with Crippen molar-refractivity contribution in [2.45, 2.75) is 20.3 Å². The highest BCUT2D eigenvalue weighted by molar-refractivity contribution is 7.71. The van der Waals surface area contributed by atoms with E-state index in [1.807, 2.05) is 31.2 Å². The van der Waals surface area contributed by atoms with Crippen LogP contribution in [0.25, 0.3) is 11.4 Å². The van der Waals surface area contributed by atoms with Crippen LogP contribution in [0.1, 0.15) is 18.2 Å². The van der Waals surface area contributed by atoms with Crippen molar-refractivity contribution in [3.05, 3.63) is 45.2 Å². The zero-order chi connectivity index (χ0) is 12.4. The van der Waals surface area contributed by atoms with Crippen molar-refractivity contribution in [1.82, 2.24) is 9.97 Å². The van der Waals surface area contributed by atoms with Gasteiger partial charge in [-0.1, -0.05) is 42.9 Å². The van der Waals surface area contributed by atoms with Crippen LogP contribution in [0.3, 0.4) is 0 Å². The Morgan fingerprint density at radius 2 is 2.06 bits per heavy atom. The van der Waals surface area contributed by atoms with Crippen molar-refractivity contribution in [3.63, 3.8) is 0 Å². The van der Waals surface area contributed by atoms with E-state index in [1.165, 1.54) is 0 Å². The Kier molecular flexibility index (Phi) is 3.60. The van der Waals surface area contributed by atoms with Crippen molar-refractivity contribution in [1.29, 1.82) is 0 Å². The van der Waals surface area contributed by atoms with Crippen molar-refractivity contribution < 1.29 is 0 Å². The van der Waals surface area contributed by atoms with Crippen molar-refractivity contribution in [2.75, 3.05) is 0 Å². The molecule has 88 valence electrons. The predicted octanol–water partition coefficient (Wildman–Crippen LogP) is 4.33. The molecule has 0 aliphatic carbocycles. The smallest absolute Gasteiger partial charge is 0.140 e. The van der Waals surface area contributed by atoms with Gasteiger partial charge in [0.2, 0.25) is 0 Å². The van der Waals surface area contributed by atoms with E-state index in [2.05, 4.69) is 16.9 Å². The van der Waals surface area contributed by atoms with E-state index in [9.17, 15) is 0 Å². The van der Waals surface area contributed by atoms with E-state index >= 15 is 0 Å². The minimum atomic E-state index is 0.652. The second-order valence-electron chi connectivity index (χ2n) is 3.83. The monoisotopic (exact) mass is 264 g/mol. The van der Waals surface area contributed by atoms with Gasteiger partial charge in [0.25, 0.3) is 0 Å². The van der Waals surface area contributed by atoms with Crippen LogP contribution in [0.15, 0.2) is 24.3 Å². The average molecular weight is 265 g/mol. The summed E-state index contributed by atoms with van der Waals surface area (Å²) in [6, 6.07) is 7.61. The molecule has 1 N–H and O–H groups in total. The largest absolute Gasteiger partial charge is 0.343 e. The molecule has 0 radical (unpaired) electrons. The Morgan fingerprint density at radius 3 is 2.65 bits per heavy atom. The van der Waals surface area contributed by atoms with Crippen LogP contribution in [0, 0.1) is 11.6 Å². The molecule has 0 aliphatic heterocycles. The minimum absolute atomic E-state index is 0.652. The molecule has 0 fully saturated rings. The van der Waals surface area contributed by atoms with Crippen LogP contribution in [0.5, 0.6) is 0 Å². The van der Waals surface area contributed by atoms with Crippen LogP contribution < -0.4 is 0 Å². The molecule has 4 heteroatoms. The Balaban J connectivity index is 2.63. The number of nitrogens with one attached hydrogen (secondary N) is 1. The number of halogens is 1. The van der Waals surface area contributed by atoms with Crippen molar-refractivity contribution >= 4 is 23.8 Å². The molecule has 17 heavy (non-hydrogen) atoms. The van der Waals surface area contributed by atoms with E-state index < -0.39 is 0 Å². The molecule has 2 aromatic rings. The molecular weight excluding hydrogens is 252 g/mol. The molecule has 0 unspecified atom stereocenters. The van der Waals surface area contributed by atoms with Gasteiger partial charge in [-0.2, -0.15) is 0 Å². The fraction of sp³-hybridized carbons (Fsp3) is 0.231. The summed E-state index contributed by atoms with van der Waals surface area (Å²) in [5.41, 5.74) is 3.03. The number of aromatic nitrogens is 2. The first-order valence-electron chi connectivity index (χ1n) is 5.48. The SMILES string of the molecule is CCc1c(C)[nH]c(-c2ccccc2Cl)nc1=S. The average Bonchev–Trinajstić information content (AvgIpc) is 2.29. The summed E-state index contributed by atoms with van der Waals surface area (Å²) in [6.45, 7) is 4.08. The van der Waals surface area contributed by atoms with E-state index in [1.54, 1.807) is 0 Å². The molecule has 2 rings (SSSR count). The van der Waals surface area contributed by atoms with Gasteiger partial charge in [-0.05, 0) is 25.5 Å². The van der Waals surface area contributed by atoms with Gasteiger partial charge in [-0.15, -0.1) is 0 Å². The van der Waals surface area contributed by atoms with Crippen LogP contribution in [0.2, 0.25) is 5.02 Å². The highest BCUT2D eigenvalue weighted by atomic mass is 35.5. The van der Waals surface area contributed by atoms with Crippen LogP contribution in [-0.2, 0) is 6.42 Å². The van der Waals surface area contributed by atoms with E-state index in [4.69, 9.17) is 23.8 Å². The summed E-state index contributed by atoms with van der Waals surface area (Å²) >= 11 is 11.4. The lowest BCUT2D eigenvalue weighted by atomic mass is 10.1. The number of hydrogen-bond donors (Lipinski definition) is 1. The fourth-order valence-electron chi connectivity index (χ4n) is 1.81. The molecule has 0 spiro atoms. The highest BCUT2D eigenvalue weighted by Gasteiger charge is 2.08. The molecule has 0 amide bonds. The summed E-state index contributed by atoms with van der Waals surface area (Å²) in [5.74, 6) is 0.732. The summed E-state index contributed by atoms with van der Waals surface area (Å²) in [5, 5.41) is 0.675. The standard InChI is InChI=1S/C13H13ClN2S/c1-3-9-8(2)15-12(16-13(9)17)10-6-4-5-7-11(10)14/h4-7H,3H2,1-2H3,(H,15,16,17). The number of nitrogens with zero attached hydrogens (tertiary/aromatic N) is 1. The quantitative estimate of drug-likeness (QED) is 0.818. The second-order valence-corrected chi connectivity index (χ2v) is 4.62. The molecule has 0 saturated heterocycles. The van der Waals surface area contributed by atoms with Gasteiger partial charge in [-0.25, -0.2) is 4.98 Å². The van der Waals surface area contributed by atoms with Crippen molar-refractivity contribution in [3.8, 4) is 11.4 Å². The second kappa shape index (κ2) is 4.98. The number of rotatable bonds is 2. The first-order valence-corrected chi connectivity index (χ1v) is 6.26. The third-order valence-electron chi connectivity index (χ3n) is 2.71. The lowest BCUT2D eigenvalue weighted by Crippen LogP contribution is -1.99. The van der Waals surface area contributed by atoms with Crippen LogP contribution in [-0.4, -0.2) is 9.97 Å². The van der Waals surface area contributed by atoms with E-state index in [-0.39, 0.29) is 0 Å². The van der Waals surface area contributed by atoms with Gasteiger partial charge in [0.05, 0.1) is 5.02 Å². The minimum Gasteiger partial charge on any atom is -0.343 e. The van der Waals surface area contributed by atoms with Gasteiger partial charge in [0.15, 0.2) is 0 Å². The fourth-order valence-corrected chi connectivity index (χ4v) is 2.42. The number of hydrogen-bond acceptors (Lipinski definition) is 2. The Morgan fingerprint density at radius 1 is 1.35 bits per heavy atom. The zero-order valence-electron chi connectivity index (χ0n) is 9.75. The first-order chi connectivity index (χ1) is 8.13. The molecule has 0 aliphatic rings. The maximum absolute atomic E-state index is 6.14. The Bertz CT molecular complexity index is 605. The Hall–Kier alpha value is -1.19. The zero-order valence-corrected chi connectivity index (χ0v) is 11.3. The first kappa shape index (κ1) is 12.3. The van der Waals surface area contributed by atoms with E-state index in [0.717, 1.165) is 29.1 Å². The molecule has 2 nitrogen and oxygen atoms in total. The highest BCUT2D eigenvalue weighted by Crippen LogP contribution is 2.25.